The number of benzene rings is 1. The maximum Gasteiger partial charge on any atom is 0.165 e. The monoisotopic (exact) mass is 293 g/mol. The summed E-state index contributed by atoms with van der Waals surface area (Å²) in [5, 5.41) is 3.61. The van der Waals surface area contributed by atoms with E-state index in [-0.39, 0.29) is 11.4 Å². The molecule has 1 aromatic rings. The molecule has 2 rings (SSSR count). The van der Waals surface area contributed by atoms with Gasteiger partial charge in [-0.1, -0.05) is 18.9 Å². The van der Waals surface area contributed by atoms with Crippen LogP contribution in [0.1, 0.15) is 57.9 Å². The molecule has 0 heterocycles. The van der Waals surface area contributed by atoms with Crippen LogP contribution in [0.15, 0.2) is 18.2 Å². The molecule has 1 aliphatic carbocycles. The summed E-state index contributed by atoms with van der Waals surface area (Å²) in [5.41, 5.74) is 1.25. The first-order valence-electron chi connectivity index (χ1n) is 7.99. The lowest BCUT2D eigenvalue weighted by molar-refractivity contribution is 0.269. The van der Waals surface area contributed by atoms with E-state index < -0.39 is 0 Å². The highest BCUT2D eigenvalue weighted by Crippen LogP contribution is 2.38. The van der Waals surface area contributed by atoms with Crippen molar-refractivity contribution >= 4 is 0 Å². The Morgan fingerprint density at radius 1 is 1.24 bits per heavy atom. The summed E-state index contributed by atoms with van der Waals surface area (Å²) in [5.74, 6) is 1.13. The van der Waals surface area contributed by atoms with Crippen LogP contribution in [0.5, 0.6) is 5.75 Å². The van der Waals surface area contributed by atoms with Crippen LogP contribution >= 0.6 is 0 Å². The summed E-state index contributed by atoms with van der Waals surface area (Å²) >= 11 is 0. The Balaban J connectivity index is 2.12. The number of nitrogens with one attached hydrogen (secondary N) is 1. The number of rotatable bonds is 4. The highest BCUT2D eigenvalue weighted by Gasteiger charge is 2.28. The Morgan fingerprint density at radius 3 is 2.57 bits per heavy atom. The fourth-order valence-corrected chi connectivity index (χ4v) is 3.24. The van der Waals surface area contributed by atoms with Gasteiger partial charge in [-0.15, -0.1) is 0 Å². The molecule has 0 spiro atoms. The Bertz CT molecular complexity index is 467. The first-order valence-corrected chi connectivity index (χ1v) is 7.99. The predicted octanol–water partition coefficient (Wildman–Crippen LogP) is 4.50. The van der Waals surface area contributed by atoms with Crippen LogP contribution in [0.2, 0.25) is 0 Å². The quantitative estimate of drug-likeness (QED) is 0.882. The van der Waals surface area contributed by atoms with Gasteiger partial charge in [0.2, 0.25) is 0 Å². The molecule has 1 aliphatic rings. The largest absolute Gasteiger partial charge is 0.494 e. The third-order valence-corrected chi connectivity index (χ3v) is 4.41. The molecular weight excluding hydrogens is 265 g/mol. The molecular formula is C18H28FNO. The highest BCUT2D eigenvalue weighted by atomic mass is 19.1. The SMILES string of the molecule is COc1ccc(C2CCCCC2CNC(C)(C)C)cc1F. The van der Waals surface area contributed by atoms with Crippen molar-refractivity contribution in [2.75, 3.05) is 13.7 Å². The second-order valence-electron chi connectivity index (χ2n) is 7.18. The van der Waals surface area contributed by atoms with Crippen LogP contribution in [-0.4, -0.2) is 19.2 Å². The van der Waals surface area contributed by atoms with Gasteiger partial charge in [0.1, 0.15) is 0 Å². The van der Waals surface area contributed by atoms with Crippen molar-refractivity contribution in [3.8, 4) is 5.75 Å². The molecule has 0 saturated heterocycles. The average molecular weight is 293 g/mol. The summed E-state index contributed by atoms with van der Waals surface area (Å²) in [6.45, 7) is 7.58. The first kappa shape index (κ1) is 16.3. The molecule has 2 nitrogen and oxygen atoms in total. The molecule has 118 valence electrons. The zero-order chi connectivity index (χ0) is 15.5. The minimum atomic E-state index is -0.247. The first-order chi connectivity index (χ1) is 9.90. The van der Waals surface area contributed by atoms with E-state index in [1.165, 1.54) is 26.4 Å². The van der Waals surface area contributed by atoms with Gasteiger partial charge in [-0.2, -0.15) is 0 Å². The minimum absolute atomic E-state index is 0.132. The van der Waals surface area contributed by atoms with Crippen LogP contribution in [0.3, 0.4) is 0 Å². The van der Waals surface area contributed by atoms with E-state index in [4.69, 9.17) is 4.74 Å². The van der Waals surface area contributed by atoms with E-state index in [1.54, 1.807) is 12.1 Å². The van der Waals surface area contributed by atoms with Crippen LogP contribution in [0, 0.1) is 11.7 Å². The molecule has 0 aliphatic heterocycles. The number of hydrogen-bond acceptors (Lipinski definition) is 2. The summed E-state index contributed by atoms with van der Waals surface area (Å²) in [6.07, 6.45) is 4.90. The van der Waals surface area contributed by atoms with E-state index in [1.807, 2.05) is 6.07 Å². The van der Waals surface area contributed by atoms with Crippen LogP contribution in [0.4, 0.5) is 4.39 Å². The van der Waals surface area contributed by atoms with Crippen LogP contribution < -0.4 is 10.1 Å². The summed E-state index contributed by atoms with van der Waals surface area (Å²) in [7, 11) is 1.51. The highest BCUT2D eigenvalue weighted by molar-refractivity contribution is 5.32. The molecule has 0 amide bonds. The summed E-state index contributed by atoms with van der Waals surface area (Å²) in [6, 6.07) is 5.45. The van der Waals surface area contributed by atoms with E-state index >= 15 is 0 Å². The average Bonchev–Trinajstić information content (AvgIpc) is 2.44. The van der Waals surface area contributed by atoms with Crippen molar-refractivity contribution < 1.29 is 9.13 Å². The van der Waals surface area contributed by atoms with Gasteiger partial charge in [-0.3, -0.25) is 0 Å². The number of hydrogen-bond donors (Lipinski definition) is 1. The van der Waals surface area contributed by atoms with Gasteiger partial charge in [-0.05, 0) is 69.7 Å². The van der Waals surface area contributed by atoms with Crippen molar-refractivity contribution in [2.24, 2.45) is 5.92 Å². The molecule has 1 N–H and O–H groups in total. The fourth-order valence-electron chi connectivity index (χ4n) is 3.24. The Morgan fingerprint density at radius 2 is 1.95 bits per heavy atom. The van der Waals surface area contributed by atoms with Crippen molar-refractivity contribution in [3.05, 3.63) is 29.6 Å². The van der Waals surface area contributed by atoms with Gasteiger partial charge in [0.15, 0.2) is 11.6 Å². The third kappa shape index (κ3) is 4.44. The lowest BCUT2D eigenvalue weighted by Gasteiger charge is -2.34. The van der Waals surface area contributed by atoms with Gasteiger partial charge < -0.3 is 10.1 Å². The predicted molar refractivity (Wildman–Crippen MR) is 85.4 cm³/mol. The van der Waals surface area contributed by atoms with Gasteiger partial charge in [0.05, 0.1) is 7.11 Å². The number of halogens is 1. The van der Waals surface area contributed by atoms with Gasteiger partial charge in [0, 0.05) is 5.54 Å². The molecule has 1 fully saturated rings. The lowest BCUT2D eigenvalue weighted by Crippen LogP contribution is -2.41. The Hall–Kier alpha value is -1.09. The molecule has 0 radical (unpaired) electrons. The molecule has 2 atom stereocenters. The van der Waals surface area contributed by atoms with E-state index in [9.17, 15) is 4.39 Å². The Labute approximate surface area is 128 Å². The molecule has 0 aromatic heterocycles. The maximum atomic E-state index is 14.0. The van der Waals surface area contributed by atoms with Gasteiger partial charge in [-0.25, -0.2) is 4.39 Å². The summed E-state index contributed by atoms with van der Waals surface area (Å²) in [4.78, 5) is 0. The molecule has 21 heavy (non-hydrogen) atoms. The third-order valence-electron chi connectivity index (χ3n) is 4.41. The zero-order valence-electron chi connectivity index (χ0n) is 13.7. The molecule has 1 aromatic carbocycles. The standard InChI is InChI=1S/C18H28FNO/c1-18(2,3)20-12-14-7-5-6-8-15(14)13-9-10-17(21-4)16(19)11-13/h9-11,14-15,20H,5-8,12H2,1-4H3. The van der Waals surface area contributed by atoms with Crippen LogP contribution in [0.25, 0.3) is 0 Å². The lowest BCUT2D eigenvalue weighted by atomic mass is 9.75. The number of ether oxygens (including phenoxy) is 1. The Kier molecular flexibility index (Phi) is 5.26. The topological polar surface area (TPSA) is 21.3 Å². The summed E-state index contributed by atoms with van der Waals surface area (Å²) < 4.78 is 19.0. The van der Waals surface area contributed by atoms with Crippen molar-refractivity contribution in [3.63, 3.8) is 0 Å². The smallest absolute Gasteiger partial charge is 0.165 e. The second kappa shape index (κ2) is 6.78. The van der Waals surface area contributed by atoms with E-state index in [0.29, 0.717) is 17.6 Å². The van der Waals surface area contributed by atoms with Crippen LogP contribution in [-0.2, 0) is 0 Å². The normalized spacial score (nSPS) is 23.1. The molecule has 2 unspecified atom stereocenters. The number of methoxy groups -OCH3 is 1. The molecule has 0 bridgehead atoms. The van der Waals surface area contributed by atoms with E-state index in [2.05, 4.69) is 26.1 Å². The van der Waals surface area contributed by atoms with Crippen molar-refractivity contribution in [1.82, 2.24) is 5.32 Å². The van der Waals surface area contributed by atoms with Gasteiger partial charge >= 0.3 is 0 Å². The fraction of sp³-hybridized carbons (Fsp3) is 0.667. The van der Waals surface area contributed by atoms with Gasteiger partial charge in [0.25, 0.3) is 0 Å². The van der Waals surface area contributed by atoms with Crippen molar-refractivity contribution in [2.45, 2.75) is 57.9 Å². The van der Waals surface area contributed by atoms with Crippen molar-refractivity contribution in [1.29, 1.82) is 0 Å². The molecule has 3 heteroatoms. The zero-order valence-corrected chi connectivity index (χ0v) is 13.7. The molecule has 1 saturated carbocycles. The second-order valence-corrected chi connectivity index (χ2v) is 7.18. The maximum absolute atomic E-state index is 14.0. The van der Waals surface area contributed by atoms with E-state index in [0.717, 1.165) is 18.5 Å². The minimum Gasteiger partial charge on any atom is -0.494 e.